The molecule has 0 aliphatic carbocycles. The standard InChI is InChI=1S/C51H98O6/c1-5-7-9-11-13-15-17-22-26-30-34-38-42-49(52)55-45-48(57-51(54)44-40-36-32-28-23-18-16-14-12-10-8-6-2)46-56-50(53)43-39-35-31-27-24-20-19-21-25-29-33-37-41-47(3)4/h47-48H,5-46H2,1-4H3/t48-/m1/s1. The van der Waals surface area contributed by atoms with E-state index < -0.39 is 6.10 Å². The van der Waals surface area contributed by atoms with Crippen molar-refractivity contribution in [3.05, 3.63) is 0 Å². The van der Waals surface area contributed by atoms with Gasteiger partial charge in [-0.15, -0.1) is 0 Å². The second-order valence-electron chi connectivity index (χ2n) is 17.9. The molecule has 0 spiro atoms. The summed E-state index contributed by atoms with van der Waals surface area (Å²) in [4.78, 5) is 37.9. The second kappa shape index (κ2) is 45.5. The maximum atomic E-state index is 12.7. The van der Waals surface area contributed by atoms with Crippen LogP contribution in [0, 0.1) is 5.92 Å². The number of esters is 3. The summed E-state index contributed by atoms with van der Waals surface area (Å²) in [5.74, 6) is -0.0119. The van der Waals surface area contributed by atoms with E-state index in [1.807, 2.05) is 0 Å². The zero-order valence-electron chi connectivity index (χ0n) is 38.8. The molecule has 0 N–H and O–H groups in total. The number of hydrogen-bond donors (Lipinski definition) is 0. The molecule has 0 unspecified atom stereocenters. The highest BCUT2D eigenvalue weighted by atomic mass is 16.6. The van der Waals surface area contributed by atoms with E-state index in [0.29, 0.717) is 19.3 Å². The Balaban J connectivity index is 4.30. The van der Waals surface area contributed by atoms with Crippen molar-refractivity contribution >= 4 is 17.9 Å². The normalized spacial score (nSPS) is 11.9. The number of unbranched alkanes of at least 4 members (excludes halogenated alkanes) is 33. The lowest BCUT2D eigenvalue weighted by Gasteiger charge is -2.18. The molecule has 0 aliphatic heterocycles. The summed E-state index contributed by atoms with van der Waals surface area (Å²) in [5, 5.41) is 0. The van der Waals surface area contributed by atoms with E-state index in [4.69, 9.17) is 14.2 Å². The van der Waals surface area contributed by atoms with Gasteiger partial charge < -0.3 is 14.2 Å². The van der Waals surface area contributed by atoms with Gasteiger partial charge in [-0.3, -0.25) is 14.4 Å². The lowest BCUT2D eigenvalue weighted by Crippen LogP contribution is -2.30. The SMILES string of the molecule is CCCCCCCCCCCCCCC(=O)OC[C@H](COC(=O)CCCCCCCCCCCCCCC(C)C)OC(=O)CCCCCCCCCCCCCC. The summed E-state index contributed by atoms with van der Waals surface area (Å²) in [6.45, 7) is 9.02. The van der Waals surface area contributed by atoms with Crippen LogP contribution >= 0.6 is 0 Å². The Bertz CT molecular complexity index is 857. The van der Waals surface area contributed by atoms with Gasteiger partial charge >= 0.3 is 17.9 Å². The van der Waals surface area contributed by atoms with Crippen LogP contribution in [0.15, 0.2) is 0 Å². The van der Waals surface area contributed by atoms with Crippen molar-refractivity contribution in [3.63, 3.8) is 0 Å². The predicted molar refractivity (Wildman–Crippen MR) is 243 cm³/mol. The van der Waals surface area contributed by atoms with E-state index >= 15 is 0 Å². The van der Waals surface area contributed by atoms with Crippen LogP contribution < -0.4 is 0 Å². The first-order valence-corrected chi connectivity index (χ1v) is 25.4. The Labute approximate surface area is 355 Å². The molecular weight excluding hydrogens is 709 g/mol. The number of rotatable bonds is 46. The van der Waals surface area contributed by atoms with Gasteiger partial charge in [0.05, 0.1) is 0 Å². The summed E-state index contributed by atoms with van der Waals surface area (Å²) in [6, 6.07) is 0. The molecule has 6 heteroatoms. The van der Waals surface area contributed by atoms with Gasteiger partial charge in [0.25, 0.3) is 0 Å². The van der Waals surface area contributed by atoms with Crippen LogP contribution in [-0.2, 0) is 28.6 Å². The average Bonchev–Trinajstić information content (AvgIpc) is 3.19. The van der Waals surface area contributed by atoms with Gasteiger partial charge in [0.1, 0.15) is 13.2 Å². The third-order valence-corrected chi connectivity index (χ3v) is 11.5. The Hall–Kier alpha value is -1.59. The fraction of sp³-hybridized carbons (Fsp3) is 0.941. The number of carbonyl (C=O) groups excluding carboxylic acids is 3. The molecule has 0 aromatic rings. The number of hydrogen-bond acceptors (Lipinski definition) is 6. The number of ether oxygens (including phenoxy) is 3. The van der Waals surface area contributed by atoms with Crippen molar-refractivity contribution in [1.29, 1.82) is 0 Å². The monoisotopic (exact) mass is 807 g/mol. The first kappa shape index (κ1) is 55.4. The lowest BCUT2D eigenvalue weighted by atomic mass is 10.0. The van der Waals surface area contributed by atoms with Crippen molar-refractivity contribution in [2.75, 3.05) is 13.2 Å². The molecular formula is C51H98O6. The van der Waals surface area contributed by atoms with Crippen LogP contribution in [0.2, 0.25) is 0 Å². The summed E-state index contributed by atoms with van der Waals surface area (Å²) < 4.78 is 16.8. The molecule has 57 heavy (non-hydrogen) atoms. The Kier molecular flexibility index (Phi) is 44.2. The number of carbonyl (C=O) groups is 3. The minimum atomic E-state index is -0.760. The molecule has 0 radical (unpaired) electrons. The third-order valence-electron chi connectivity index (χ3n) is 11.5. The predicted octanol–water partition coefficient (Wildman–Crippen LogP) is 16.3. The summed E-state index contributed by atoms with van der Waals surface area (Å²) in [5.41, 5.74) is 0. The molecule has 0 saturated heterocycles. The fourth-order valence-corrected chi connectivity index (χ4v) is 7.69. The smallest absolute Gasteiger partial charge is 0.306 e. The quantitative estimate of drug-likeness (QED) is 0.0346. The fourth-order valence-electron chi connectivity index (χ4n) is 7.69. The minimum absolute atomic E-state index is 0.0628. The molecule has 0 aliphatic rings. The largest absolute Gasteiger partial charge is 0.462 e. The van der Waals surface area contributed by atoms with Gasteiger partial charge in [-0.1, -0.05) is 246 Å². The summed E-state index contributed by atoms with van der Waals surface area (Å²) >= 11 is 0. The maximum Gasteiger partial charge on any atom is 0.306 e. The Morgan fingerprint density at radius 2 is 0.579 bits per heavy atom. The highest BCUT2D eigenvalue weighted by Gasteiger charge is 2.19. The zero-order chi connectivity index (χ0) is 41.7. The van der Waals surface area contributed by atoms with Crippen molar-refractivity contribution < 1.29 is 28.6 Å². The van der Waals surface area contributed by atoms with Crippen LogP contribution in [0.1, 0.15) is 285 Å². The van der Waals surface area contributed by atoms with Crippen LogP contribution in [0.25, 0.3) is 0 Å². The molecule has 0 amide bonds. The topological polar surface area (TPSA) is 78.9 Å². The van der Waals surface area contributed by atoms with Gasteiger partial charge in [-0.05, 0) is 25.2 Å². The molecule has 1 atom stereocenters. The van der Waals surface area contributed by atoms with Crippen molar-refractivity contribution in [2.24, 2.45) is 5.92 Å². The molecule has 0 aromatic carbocycles. The van der Waals surface area contributed by atoms with E-state index in [1.165, 1.54) is 180 Å². The van der Waals surface area contributed by atoms with Crippen molar-refractivity contribution in [3.8, 4) is 0 Å². The van der Waals surface area contributed by atoms with Crippen molar-refractivity contribution in [2.45, 2.75) is 291 Å². The first-order chi connectivity index (χ1) is 27.9. The van der Waals surface area contributed by atoms with Gasteiger partial charge in [-0.2, -0.15) is 0 Å². The minimum Gasteiger partial charge on any atom is -0.462 e. The van der Waals surface area contributed by atoms with Crippen LogP contribution in [-0.4, -0.2) is 37.2 Å². The molecule has 0 bridgehead atoms. The molecule has 6 nitrogen and oxygen atoms in total. The van der Waals surface area contributed by atoms with Gasteiger partial charge in [-0.25, -0.2) is 0 Å². The van der Waals surface area contributed by atoms with Crippen molar-refractivity contribution in [1.82, 2.24) is 0 Å². The maximum absolute atomic E-state index is 12.7. The van der Waals surface area contributed by atoms with Gasteiger partial charge in [0, 0.05) is 19.3 Å². The van der Waals surface area contributed by atoms with E-state index in [0.717, 1.165) is 63.7 Å². The van der Waals surface area contributed by atoms with E-state index in [-0.39, 0.29) is 31.1 Å². The summed E-state index contributed by atoms with van der Waals surface area (Å²) in [6.07, 6.45) is 46.5. The van der Waals surface area contributed by atoms with Gasteiger partial charge in [0.2, 0.25) is 0 Å². The first-order valence-electron chi connectivity index (χ1n) is 25.4. The lowest BCUT2D eigenvalue weighted by molar-refractivity contribution is -0.167. The molecule has 0 saturated carbocycles. The zero-order valence-corrected chi connectivity index (χ0v) is 38.8. The molecule has 0 rings (SSSR count). The second-order valence-corrected chi connectivity index (χ2v) is 17.9. The van der Waals surface area contributed by atoms with E-state index in [1.54, 1.807) is 0 Å². The van der Waals surface area contributed by atoms with Crippen LogP contribution in [0.3, 0.4) is 0 Å². The van der Waals surface area contributed by atoms with Gasteiger partial charge in [0.15, 0.2) is 6.10 Å². The molecule has 0 fully saturated rings. The molecule has 338 valence electrons. The highest BCUT2D eigenvalue weighted by molar-refractivity contribution is 5.71. The third kappa shape index (κ3) is 45.3. The van der Waals surface area contributed by atoms with Crippen LogP contribution in [0.5, 0.6) is 0 Å². The highest BCUT2D eigenvalue weighted by Crippen LogP contribution is 2.17. The van der Waals surface area contributed by atoms with E-state index in [2.05, 4.69) is 27.7 Å². The summed E-state index contributed by atoms with van der Waals surface area (Å²) in [7, 11) is 0. The molecule has 0 heterocycles. The Morgan fingerprint density at radius 3 is 0.860 bits per heavy atom. The average molecular weight is 807 g/mol. The Morgan fingerprint density at radius 1 is 0.333 bits per heavy atom. The molecule has 0 aromatic heterocycles. The van der Waals surface area contributed by atoms with E-state index in [9.17, 15) is 14.4 Å². The van der Waals surface area contributed by atoms with Crippen LogP contribution in [0.4, 0.5) is 0 Å².